The zero-order valence-corrected chi connectivity index (χ0v) is 14.2. The van der Waals surface area contributed by atoms with Crippen LogP contribution in [0.25, 0.3) is 16.6 Å². The molecule has 0 saturated carbocycles. The van der Waals surface area contributed by atoms with Gasteiger partial charge in [-0.1, -0.05) is 6.08 Å². The Morgan fingerprint density at radius 2 is 2.04 bits per heavy atom. The highest BCUT2D eigenvalue weighted by molar-refractivity contribution is 5.80. The van der Waals surface area contributed by atoms with Gasteiger partial charge >= 0.3 is 6.09 Å². The molecule has 0 saturated heterocycles. The maximum absolute atomic E-state index is 12.3. The molecule has 2 aromatic heterocycles. The molecule has 5 heteroatoms. The first-order valence-corrected chi connectivity index (χ1v) is 7.93. The van der Waals surface area contributed by atoms with E-state index in [4.69, 9.17) is 9.72 Å². The van der Waals surface area contributed by atoms with E-state index in [1.54, 1.807) is 4.90 Å². The van der Waals surface area contributed by atoms with Gasteiger partial charge < -0.3 is 14.2 Å². The number of rotatable bonds is 1. The molecule has 0 radical (unpaired) electrons. The minimum atomic E-state index is -0.474. The normalized spacial score (nSPS) is 15.7. The summed E-state index contributed by atoms with van der Waals surface area (Å²) in [6, 6.07) is 6.14. The lowest BCUT2D eigenvalue weighted by Crippen LogP contribution is -2.39. The molecule has 0 aromatic carbocycles. The minimum absolute atomic E-state index is 0.261. The van der Waals surface area contributed by atoms with Crippen molar-refractivity contribution in [3.05, 3.63) is 36.2 Å². The number of carbonyl (C=O) groups excluding carboxylic acids is 1. The van der Waals surface area contributed by atoms with Crippen molar-refractivity contribution in [3.8, 4) is 0 Å². The van der Waals surface area contributed by atoms with Crippen molar-refractivity contribution in [1.82, 2.24) is 14.5 Å². The van der Waals surface area contributed by atoms with Gasteiger partial charge in [-0.05, 0) is 51.0 Å². The Hall–Kier alpha value is -2.30. The number of nitrogens with zero attached hydrogens (tertiary/aromatic N) is 3. The van der Waals surface area contributed by atoms with Crippen LogP contribution in [-0.2, 0) is 11.8 Å². The molecule has 0 aliphatic carbocycles. The first-order chi connectivity index (χ1) is 10.8. The molecule has 0 spiro atoms. The van der Waals surface area contributed by atoms with Crippen LogP contribution in [0, 0.1) is 0 Å². The number of aryl methyl sites for hydroxylation is 1. The lowest BCUT2D eigenvalue weighted by atomic mass is 10.1. The van der Waals surface area contributed by atoms with Crippen molar-refractivity contribution >= 4 is 22.7 Å². The maximum atomic E-state index is 12.3. The van der Waals surface area contributed by atoms with Gasteiger partial charge in [0.1, 0.15) is 11.2 Å². The standard InChI is InChI=1S/C18H23N3O2/c1-18(2,3)23-17(22)21-10-5-6-14(12-21)15-8-7-13-9-11-20(4)16(13)19-15/h6-9,11H,5,10,12H2,1-4H3. The van der Waals surface area contributed by atoms with Gasteiger partial charge in [0.15, 0.2) is 0 Å². The summed E-state index contributed by atoms with van der Waals surface area (Å²) in [5.41, 5.74) is 2.48. The third-order valence-corrected chi connectivity index (χ3v) is 3.85. The molecule has 23 heavy (non-hydrogen) atoms. The highest BCUT2D eigenvalue weighted by Crippen LogP contribution is 2.23. The molecular weight excluding hydrogens is 290 g/mol. The largest absolute Gasteiger partial charge is 0.444 e. The molecule has 3 rings (SSSR count). The van der Waals surface area contributed by atoms with E-state index in [9.17, 15) is 4.79 Å². The minimum Gasteiger partial charge on any atom is -0.444 e. The van der Waals surface area contributed by atoms with E-state index in [0.29, 0.717) is 13.1 Å². The van der Waals surface area contributed by atoms with E-state index in [1.165, 1.54) is 0 Å². The Morgan fingerprint density at radius 3 is 2.78 bits per heavy atom. The van der Waals surface area contributed by atoms with Gasteiger partial charge in [-0.3, -0.25) is 0 Å². The summed E-state index contributed by atoms with van der Waals surface area (Å²) >= 11 is 0. The fourth-order valence-corrected chi connectivity index (χ4v) is 2.73. The first kappa shape index (κ1) is 15.6. The summed E-state index contributed by atoms with van der Waals surface area (Å²) in [7, 11) is 1.99. The van der Waals surface area contributed by atoms with Crippen LogP contribution in [0.2, 0.25) is 0 Å². The van der Waals surface area contributed by atoms with Crippen LogP contribution in [0.5, 0.6) is 0 Å². The quantitative estimate of drug-likeness (QED) is 0.808. The summed E-state index contributed by atoms with van der Waals surface area (Å²) in [6.07, 6.45) is 4.73. The molecule has 3 heterocycles. The van der Waals surface area contributed by atoms with E-state index >= 15 is 0 Å². The van der Waals surface area contributed by atoms with Gasteiger partial charge in [-0.2, -0.15) is 0 Å². The zero-order valence-electron chi connectivity index (χ0n) is 14.2. The van der Waals surface area contributed by atoms with Crippen molar-refractivity contribution in [1.29, 1.82) is 0 Å². The van der Waals surface area contributed by atoms with Crippen LogP contribution in [0.1, 0.15) is 32.9 Å². The molecule has 1 aliphatic rings. The molecule has 0 atom stereocenters. The van der Waals surface area contributed by atoms with Gasteiger partial charge in [0, 0.05) is 25.2 Å². The molecule has 2 aromatic rings. The van der Waals surface area contributed by atoms with E-state index in [0.717, 1.165) is 28.7 Å². The number of carbonyl (C=O) groups is 1. The fourth-order valence-electron chi connectivity index (χ4n) is 2.73. The van der Waals surface area contributed by atoms with Crippen LogP contribution in [0.4, 0.5) is 4.79 Å². The van der Waals surface area contributed by atoms with E-state index in [1.807, 2.05) is 50.7 Å². The maximum Gasteiger partial charge on any atom is 0.410 e. The number of fused-ring (bicyclic) bond motifs is 1. The Balaban J connectivity index is 1.81. The van der Waals surface area contributed by atoms with Crippen molar-refractivity contribution in [2.24, 2.45) is 7.05 Å². The first-order valence-electron chi connectivity index (χ1n) is 7.93. The van der Waals surface area contributed by atoms with Crippen molar-refractivity contribution < 1.29 is 9.53 Å². The van der Waals surface area contributed by atoms with Gasteiger partial charge in [0.25, 0.3) is 0 Å². The number of hydrogen-bond acceptors (Lipinski definition) is 3. The summed E-state index contributed by atoms with van der Waals surface area (Å²) in [6.45, 7) is 6.88. The number of ether oxygens (including phenoxy) is 1. The summed E-state index contributed by atoms with van der Waals surface area (Å²) in [5, 5.41) is 1.12. The second-order valence-electron chi connectivity index (χ2n) is 6.96. The van der Waals surface area contributed by atoms with Crippen molar-refractivity contribution in [2.45, 2.75) is 32.8 Å². The molecule has 0 bridgehead atoms. The predicted molar refractivity (Wildman–Crippen MR) is 91.1 cm³/mol. The lowest BCUT2D eigenvalue weighted by Gasteiger charge is -2.30. The summed E-state index contributed by atoms with van der Waals surface area (Å²) < 4.78 is 7.48. The Bertz CT molecular complexity index is 768. The SMILES string of the molecule is Cn1ccc2ccc(C3=CCCN(C(=O)OC(C)(C)C)C3)nc21. The van der Waals surface area contributed by atoms with Gasteiger partial charge in [-0.15, -0.1) is 0 Å². The third-order valence-electron chi connectivity index (χ3n) is 3.85. The molecular formula is C18H23N3O2. The zero-order chi connectivity index (χ0) is 16.6. The van der Waals surface area contributed by atoms with Crippen LogP contribution >= 0.6 is 0 Å². The summed E-state index contributed by atoms with van der Waals surface area (Å²) in [5.74, 6) is 0. The van der Waals surface area contributed by atoms with E-state index in [-0.39, 0.29) is 6.09 Å². The smallest absolute Gasteiger partial charge is 0.410 e. The molecule has 122 valence electrons. The van der Waals surface area contributed by atoms with Gasteiger partial charge in [0.05, 0.1) is 12.2 Å². The average molecular weight is 313 g/mol. The second kappa shape index (κ2) is 5.72. The highest BCUT2D eigenvalue weighted by Gasteiger charge is 2.25. The molecule has 1 amide bonds. The number of aromatic nitrogens is 2. The van der Waals surface area contributed by atoms with Crippen LogP contribution < -0.4 is 0 Å². The topological polar surface area (TPSA) is 47.4 Å². The fraction of sp³-hybridized carbons (Fsp3) is 0.444. The van der Waals surface area contributed by atoms with Crippen molar-refractivity contribution in [2.75, 3.05) is 13.1 Å². The van der Waals surface area contributed by atoms with Crippen LogP contribution in [0.3, 0.4) is 0 Å². The Labute approximate surface area is 136 Å². The Morgan fingerprint density at radius 1 is 1.26 bits per heavy atom. The van der Waals surface area contributed by atoms with E-state index < -0.39 is 5.60 Å². The number of amides is 1. The van der Waals surface area contributed by atoms with E-state index in [2.05, 4.69) is 12.1 Å². The van der Waals surface area contributed by atoms with Gasteiger partial charge in [-0.25, -0.2) is 9.78 Å². The summed E-state index contributed by atoms with van der Waals surface area (Å²) in [4.78, 5) is 18.8. The number of hydrogen-bond donors (Lipinski definition) is 0. The van der Waals surface area contributed by atoms with Crippen LogP contribution in [-0.4, -0.2) is 39.2 Å². The third kappa shape index (κ3) is 3.38. The molecule has 0 unspecified atom stereocenters. The van der Waals surface area contributed by atoms with Crippen LogP contribution in [0.15, 0.2) is 30.5 Å². The second-order valence-corrected chi connectivity index (χ2v) is 6.96. The van der Waals surface area contributed by atoms with Gasteiger partial charge in [0.2, 0.25) is 0 Å². The van der Waals surface area contributed by atoms with Crippen molar-refractivity contribution in [3.63, 3.8) is 0 Å². The molecule has 0 N–H and O–H groups in total. The lowest BCUT2D eigenvalue weighted by molar-refractivity contribution is 0.0273. The monoisotopic (exact) mass is 313 g/mol. The molecule has 5 nitrogen and oxygen atoms in total. The number of pyridine rings is 1. The molecule has 1 aliphatic heterocycles. The Kier molecular flexibility index (Phi) is 3.88. The highest BCUT2D eigenvalue weighted by atomic mass is 16.6. The average Bonchev–Trinajstić information content (AvgIpc) is 2.87. The molecule has 0 fully saturated rings. The predicted octanol–water partition coefficient (Wildman–Crippen LogP) is 3.60.